The highest BCUT2D eigenvalue weighted by Crippen LogP contribution is 2.49. The van der Waals surface area contributed by atoms with Crippen LogP contribution in [0.1, 0.15) is 17.9 Å². The molecule has 1 fully saturated rings. The van der Waals surface area contributed by atoms with E-state index in [0.717, 1.165) is 18.2 Å². The summed E-state index contributed by atoms with van der Waals surface area (Å²) in [7, 11) is -3.23. The molecule has 2 atom stereocenters. The molecule has 1 N–H and O–H groups in total. The molecule has 2 aromatic rings. The van der Waals surface area contributed by atoms with Gasteiger partial charge in [-0.05, 0) is 48.2 Å². The average molecular weight is 350 g/mol. The van der Waals surface area contributed by atoms with Crippen molar-refractivity contribution in [3.05, 3.63) is 59.1 Å². The molecular weight excluding hydrogens is 334 g/mol. The smallest absolute Gasteiger partial charge is 0.228 e. The predicted molar refractivity (Wildman–Crippen MR) is 90.5 cm³/mol. The van der Waals surface area contributed by atoms with E-state index in [1.54, 1.807) is 12.1 Å². The molecule has 120 valence electrons. The zero-order valence-corrected chi connectivity index (χ0v) is 14.1. The summed E-state index contributed by atoms with van der Waals surface area (Å²) in [6.45, 7) is 0. The summed E-state index contributed by atoms with van der Waals surface area (Å²) in [6.07, 6.45) is 1.93. The van der Waals surface area contributed by atoms with Crippen molar-refractivity contribution >= 4 is 33.0 Å². The standard InChI is InChI=1S/C17H16ClNO3S/c1-23(21,22)12-8-6-11(7-9-12)19-17(20)15-10-14(15)13-4-2-3-5-16(13)18/h2-9,14-15H,10H2,1H3,(H,19,20)/t14-,15-/m0/s1. The first kappa shape index (κ1) is 16.0. The van der Waals surface area contributed by atoms with E-state index in [4.69, 9.17) is 11.6 Å². The van der Waals surface area contributed by atoms with Gasteiger partial charge in [0.1, 0.15) is 0 Å². The number of carbonyl (C=O) groups is 1. The lowest BCUT2D eigenvalue weighted by Crippen LogP contribution is -2.14. The van der Waals surface area contributed by atoms with Crippen LogP contribution in [0.25, 0.3) is 0 Å². The first-order valence-electron chi connectivity index (χ1n) is 7.21. The second-order valence-electron chi connectivity index (χ2n) is 5.76. The van der Waals surface area contributed by atoms with Gasteiger partial charge in [-0.15, -0.1) is 0 Å². The molecule has 0 unspecified atom stereocenters. The summed E-state index contributed by atoms with van der Waals surface area (Å²) in [5, 5.41) is 3.51. The molecule has 3 rings (SSSR count). The molecule has 0 radical (unpaired) electrons. The van der Waals surface area contributed by atoms with Crippen LogP contribution in [-0.4, -0.2) is 20.6 Å². The van der Waals surface area contributed by atoms with Gasteiger partial charge in [0.15, 0.2) is 9.84 Å². The number of nitrogens with one attached hydrogen (secondary N) is 1. The van der Waals surface area contributed by atoms with Gasteiger partial charge >= 0.3 is 0 Å². The Hall–Kier alpha value is -1.85. The molecule has 0 saturated heterocycles. The number of anilines is 1. The van der Waals surface area contributed by atoms with Crippen molar-refractivity contribution in [1.82, 2.24) is 0 Å². The molecule has 1 aliphatic rings. The van der Waals surface area contributed by atoms with E-state index < -0.39 is 9.84 Å². The molecule has 0 spiro atoms. The maximum Gasteiger partial charge on any atom is 0.228 e. The average Bonchev–Trinajstić information content (AvgIpc) is 3.28. The second kappa shape index (κ2) is 5.98. The van der Waals surface area contributed by atoms with Crippen LogP contribution in [0, 0.1) is 5.92 Å². The Labute approximate surface area is 140 Å². The Morgan fingerprint density at radius 3 is 2.39 bits per heavy atom. The summed E-state index contributed by atoms with van der Waals surface area (Å²) >= 11 is 6.16. The number of hydrogen-bond acceptors (Lipinski definition) is 3. The lowest BCUT2D eigenvalue weighted by Gasteiger charge is -2.07. The Balaban J connectivity index is 1.66. The van der Waals surface area contributed by atoms with Gasteiger partial charge in [0.25, 0.3) is 0 Å². The molecule has 1 aliphatic carbocycles. The van der Waals surface area contributed by atoms with Gasteiger partial charge in [0.2, 0.25) is 5.91 Å². The van der Waals surface area contributed by atoms with Crippen molar-refractivity contribution in [1.29, 1.82) is 0 Å². The number of sulfone groups is 1. The highest BCUT2D eigenvalue weighted by Gasteiger charge is 2.44. The van der Waals surface area contributed by atoms with E-state index in [1.165, 1.54) is 12.1 Å². The SMILES string of the molecule is CS(=O)(=O)c1ccc(NC(=O)[C@H]2C[C@H]2c2ccccc2Cl)cc1. The van der Waals surface area contributed by atoms with E-state index in [1.807, 2.05) is 24.3 Å². The van der Waals surface area contributed by atoms with Gasteiger partial charge in [0, 0.05) is 22.9 Å². The fraction of sp³-hybridized carbons (Fsp3) is 0.235. The fourth-order valence-corrected chi connectivity index (χ4v) is 3.53. The van der Waals surface area contributed by atoms with Gasteiger partial charge < -0.3 is 5.32 Å². The largest absolute Gasteiger partial charge is 0.326 e. The number of halogens is 1. The van der Waals surface area contributed by atoms with E-state index in [0.29, 0.717) is 10.7 Å². The Morgan fingerprint density at radius 1 is 1.13 bits per heavy atom. The Kier molecular flexibility index (Phi) is 4.17. The molecule has 0 aliphatic heterocycles. The minimum atomic E-state index is -3.23. The number of carbonyl (C=O) groups excluding carboxylic acids is 1. The maximum atomic E-state index is 12.3. The Morgan fingerprint density at radius 2 is 1.78 bits per heavy atom. The number of rotatable bonds is 4. The molecule has 0 aromatic heterocycles. The van der Waals surface area contributed by atoms with Gasteiger partial charge in [-0.3, -0.25) is 4.79 Å². The quantitative estimate of drug-likeness (QED) is 0.919. The van der Waals surface area contributed by atoms with Crippen molar-refractivity contribution < 1.29 is 13.2 Å². The minimum absolute atomic E-state index is 0.0676. The van der Waals surface area contributed by atoms with Gasteiger partial charge in [0.05, 0.1) is 4.90 Å². The lowest BCUT2D eigenvalue weighted by molar-refractivity contribution is -0.117. The van der Waals surface area contributed by atoms with Crippen LogP contribution in [0.4, 0.5) is 5.69 Å². The monoisotopic (exact) mass is 349 g/mol. The number of benzene rings is 2. The van der Waals surface area contributed by atoms with Crippen LogP contribution < -0.4 is 5.32 Å². The first-order chi connectivity index (χ1) is 10.9. The van der Waals surface area contributed by atoms with Crippen molar-refractivity contribution in [2.45, 2.75) is 17.2 Å². The van der Waals surface area contributed by atoms with E-state index in [-0.39, 0.29) is 22.6 Å². The van der Waals surface area contributed by atoms with Crippen molar-refractivity contribution in [2.75, 3.05) is 11.6 Å². The zero-order chi connectivity index (χ0) is 16.6. The van der Waals surface area contributed by atoms with E-state index in [2.05, 4.69) is 5.32 Å². The van der Waals surface area contributed by atoms with Crippen LogP contribution in [0.5, 0.6) is 0 Å². The number of hydrogen-bond donors (Lipinski definition) is 1. The first-order valence-corrected chi connectivity index (χ1v) is 9.48. The molecule has 4 nitrogen and oxygen atoms in total. The lowest BCUT2D eigenvalue weighted by atomic mass is 10.1. The Bertz CT molecular complexity index is 846. The van der Waals surface area contributed by atoms with Crippen LogP contribution in [-0.2, 0) is 14.6 Å². The molecule has 1 saturated carbocycles. The fourth-order valence-electron chi connectivity index (χ4n) is 2.62. The summed E-state index contributed by atoms with van der Waals surface area (Å²) in [6, 6.07) is 13.7. The summed E-state index contributed by atoms with van der Waals surface area (Å²) in [5.74, 6) is -0.00879. The van der Waals surface area contributed by atoms with Crippen molar-refractivity contribution in [3.8, 4) is 0 Å². The molecule has 23 heavy (non-hydrogen) atoms. The highest BCUT2D eigenvalue weighted by atomic mass is 35.5. The van der Waals surface area contributed by atoms with Gasteiger partial charge in [-0.1, -0.05) is 29.8 Å². The molecule has 6 heteroatoms. The van der Waals surface area contributed by atoms with Gasteiger partial charge in [-0.25, -0.2) is 8.42 Å². The van der Waals surface area contributed by atoms with Crippen LogP contribution in [0.15, 0.2) is 53.4 Å². The molecular formula is C17H16ClNO3S. The zero-order valence-electron chi connectivity index (χ0n) is 12.5. The van der Waals surface area contributed by atoms with Crippen LogP contribution in [0.3, 0.4) is 0 Å². The van der Waals surface area contributed by atoms with E-state index >= 15 is 0 Å². The molecule has 2 aromatic carbocycles. The van der Waals surface area contributed by atoms with Crippen molar-refractivity contribution in [2.24, 2.45) is 5.92 Å². The molecule has 0 heterocycles. The molecule has 1 amide bonds. The van der Waals surface area contributed by atoms with Crippen LogP contribution in [0.2, 0.25) is 5.02 Å². The topological polar surface area (TPSA) is 63.2 Å². The summed E-state index contributed by atoms with van der Waals surface area (Å²) in [5.41, 5.74) is 1.59. The minimum Gasteiger partial charge on any atom is -0.326 e. The summed E-state index contributed by atoms with van der Waals surface area (Å²) < 4.78 is 22.8. The third-order valence-electron chi connectivity index (χ3n) is 3.98. The third-order valence-corrected chi connectivity index (χ3v) is 5.45. The van der Waals surface area contributed by atoms with Crippen LogP contribution >= 0.6 is 11.6 Å². The number of amides is 1. The highest BCUT2D eigenvalue weighted by molar-refractivity contribution is 7.90. The normalized spacial score (nSPS) is 20.1. The second-order valence-corrected chi connectivity index (χ2v) is 8.18. The van der Waals surface area contributed by atoms with Crippen molar-refractivity contribution in [3.63, 3.8) is 0 Å². The summed E-state index contributed by atoms with van der Waals surface area (Å²) in [4.78, 5) is 12.5. The maximum absolute atomic E-state index is 12.3. The third kappa shape index (κ3) is 3.57. The molecule has 0 bridgehead atoms. The predicted octanol–water partition coefficient (Wildman–Crippen LogP) is 3.49. The van der Waals surface area contributed by atoms with E-state index in [9.17, 15) is 13.2 Å². The van der Waals surface area contributed by atoms with Gasteiger partial charge in [-0.2, -0.15) is 0 Å².